The van der Waals surface area contributed by atoms with E-state index in [1.807, 2.05) is 35.6 Å². The van der Waals surface area contributed by atoms with Crippen molar-refractivity contribution in [3.8, 4) is 28.2 Å². The van der Waals surface area contributed by atoms with Crippen molar-refractivity contribution in [1.29, 1.82) is 0 Å². The van der Waals surface area contributed by atoms with Gasteiger partial charge in [0, 0.05) is 37.2 Å². The standard InChI is InChI=1S/C48H27N3OS/c1-2-12-28(13-3-1)29-22-24-31(25-23-29)42-47(49-43-36-19-9-11-21-39(36)52-48(43)50-42)51-38-20-10-8-18-35(38)40-33-16-6-7-17-34(33)41-37-27-26-30-14-4-5-15-32(30)45(37)53-46(41)44(40)51/h1-27H. The highest BCUT2D eigenvalue weighted by molar-refractivity contribution is 7.27. The van der Waals surface area contributed by atoms with Gasteiger partial charge in [-0.15, -0.1) is 11.3 Å². The average Bonchev–Trinajstić information content (AvgIpc) is 3.91. The number of thiophene rings is 1. The van der Waals surface area contributed by atoms with E-state index >= 15 is 0 Å². The summed E-state index contributed by atoms with van der Waals surface area (Å²) in [6, 6.07) is 58.2. The van der Waals surface area contributed by atoms with E-state index in [1.54, 1.807) is 0 Å². The van der Waals surface area contributed by atoms with Crippen LogP contribution in [-0.2, 0) is 0 Å². The second-order valence-electron chi connectivity index (χ2n) is 13.7. The molecule has 0 amide bonds. The van der Waals surface area contributed by atoms with E-state index in [9.17, 15) is 0 Å². The van der Waals surface area contributed by atoms with Gasteiger partial charge in [-0.2, -0.15) is 0 Å². The first-order chi connectivity index (χ1) is 26.3. The summed E-state index contributed by atoms with van der Waals surface area (Å²) in [5.41, 5.74) is 8.36. The number of furan rings is 1. The van der Waals surface area contributed by atoms with Crippen molar-refractivity contribution < 1.29 is 4.42 Å². The number of para-hydroxylation sites is 2. The Bertz CT molecular complexity index is 3450. The summed E-state index contributed by atoms with van der Waals surface area (Å²) in [4.78, 5) is 10.9. The zero-order valence-electron chi connectivity index (χ0n) is 28.2. The van der Waals surface area contributed by atoms with E-state index in [-0.39, 0.29) is 0 Å². The maximum atomic E-state index is 6.38. The van der Waals surface area contributed by atoms with Crippen LogP contribution in [0.1, 0.15) is 0 Å². The van der Waals surface area contributed by atoms with Crippen molar-refractivity contribution in [2.45, 2.75) is 0 Å². The van der Waals surface area contributed by atoms with Crippen LogP contribution >= 0.6 is 11.3 Å². The van der Waals surface area contributed by atoms with Crippen LogP contribution < -0.4 is 0 Å². The van der Waals surface area contributed by atoms with Crippen molar-refractivity contribution in [2.24, 2.45) is 0 Å². The van der Waals surface area contributed by atoms with E-state index < -0.39 is 0 Å². The Labute approximate surface area is 306 Å². The third kappa shape index (κ3) is 4.05. The molecule has 246 valence electrons. The van der Waals surface area contributed by atoms with Gasteiger partial charge in [0.1, 0.15) is 16.8 Å². The van der Waals surface area contributed by atoms with Gasteiger partial charge in [-0.3, -0.25) is 4.57 Å². The van der Waals surface area contributed by atoms with Gasteiger partial charge in [-0.1, -0.05) is 146 Å². The molecule has 4 nitrogen and oxygen atoms in total. The molecule has 53 heavy (non-hydrogen) atoms. The summed E-state index contributed by atoms with van der Waals surface area (Å²) in [6.45, 7) is 0. The largest absolute Gasteiger partial charge is 0.436 e. The van der Waals surface area contributed by atoms with Gasteiger partial charge in [-0.05, 0) is 50.9 Å². The lowest BCUT2D eigenvalue weighted by molar-refractivity contribution is 0.653. The second-order valence-corrected chi connectivity index (χ2v) is 14.7. The fourth-order valence-electron chi connectivity index (χ4n) is 8.44. The molecule has 0 radical (unpaired) electrons. The smallest absolute Gasteiger partial charge is 0.247 e. The number of aromatic nitrogens is 3. The molecule has 8 aromatic carbocycles. The van der Waals surface area contributed by atoms with Gasteiger partial charge in [0.15, 0.2) is 5.82 Å². The Hall–Kier alpha value is -6.82. The molecule has 12 rings (SSSR count). The van der Waals surface area contributed by atoms with Crippen molar-refractivity contribution in [1.82, 2.24) is 14.5 Å². The van der Waals surface area contributed by atoms with E-state index in [4.69, 9.17) is 14.4 Å². The van der Waals surface area contributed by atoms with Crippen molar-refractivity contribution in [3.05, 3.63) is 164 Å². The van der Waals surface area contributed by atoms with Crippen LogP contribution in [0.3, 0.4) is 0 Å². The van der Waals surface area contributed by atoms with E-state index in [2.05, 4.69) is 144 Å². The highest BCUT2D eigenvalue weighted by atomic mass is 32.1. The zero-order valence-corrected chi connectivity index (χ0v) is 29.1. The number of fused-ring (bicyclic) bond motifs is 15. The Morgan fingerprint density at radius 1 is 0.453 bits per heavy atom. The van der Waals surface area contributed by atoms with Gasteiger partial charge in [0.05, 0.1) is 15.7 Å². The van der Waals surface area contributed by atoms with Crippen molar-refractivity contribution in [2.75, 3.05) is 0 Å². The lowest BCUT2D eigenvalue weighted by Gasteiger charge is -2.14. The minimum atomic E-state index is 0.529. The molecule has 4 aromatic heterocycles. The molecule has 0 unspecified atom stereocenters. The van der Waals surface area contributed by atoms with Crippen LogP contribution in [0, 0.1) is 0 Å². The molecule has 5 heteroatoms. The summed E-state index contributed by atoms with van der Waals surface area (Å²) in [5, 5.41) is 10.9. The Balaban J connectivity index is 1.27. The van der Waals surface area contributed by atoms with Crippen LogP contribution in [-0.4, -0.2) is 14.5 Å². The molecule has 4 heterocycles. The number of hydrogen-bond acceptors (Lipinski definition) is 4. The molecule has 0 atom stereocenters. The van der Waals surface area contributed by atoms with Crippen LogP contribution in [0.2, 0.25) is 0 Å². The lowest BCUT2D eigenvalue weighted by atomic mass is 9.98. The zero-order chi connectivity index (χ0) is 34.6. The third-order valence-electron chi connectivity index (χ3n) is 10.8. The number of benzene rings is 8. The van der Waals surface area contributed by atoms with Gasteiger partial charge in [0.2, 0.25) is 5.71 Å². The fraction of sp³-hybridized carbons (Fsp3) is 0. The quantitative estimate of drug-likeness (QED) is 0.185. The highest BCUT2D eigenvalue weighted by Gasteiger charge is 2.26. The van der Waals surface area contributed by atoms with Gasteiger partial charge in [0.25, 0.3) is 0 Å². The molecule has 0 spiro atoms. The first-order valence-corrected chi connectivity index (χ1v) is 18.7. The highest BCUT2D eigenvalue weighted by Crippen LogP contribution is 2.49. The molecular weight excluding hydrogens is 667 g/mol. The SMILES string of the molecule is c1ccc(-c2ccc(-c3nc4oc5ccccc5c4nc3-n3c4ccccc4c4c5ccccc5c5c6ccc7ccccc7c6sc5c43)cc2)cc1. The summed E-state index contributed by atoms with van der Waals surface area (Å²) >= 11 is 1.88. The van der Waals surface area contributed by atoms with Crippen LogP contribution in [0.5, 0.6) is 0 Å². The molecule has 0 saturated heterocycles. The summed E-state index contributed by atoms with van der Waals surface area (Å²) < 4.78 is 11.3. The molecule has 0 aliphatic rings. The lowest BCUT2D eigenvalue weighted by Crippen LogP contribution is -2.03. The number of nitrogens with zero attached hydrogens (tertiary/aromatic N) is 3. The molecular formula is C48H27N3OS. The Morgan fingerprint density at radius 2 is 1.09 bits per heavy atom. The normalized spacial score (nSPS) is 12.2. The van der Waals surface area contributed by atoms with Gasteiger partial charge in [-0.25, -0.2) is 9.97 Å². The monoisotopic (exact) mass is 693 g/mol. The molecule has 0 N–H and O–H groups in total. The van der Waals surface area contributed by atoms with Crippen molar-refractivity contribution >= 4 is 97.1 Å². The van der Waals surface area contributed by atoms with Crippen molar-refractivity contribution in [3.63, 3.8) is 0 Å². The summed E-state index contributed by atoms with van der Waals surface area (Å²) in [5.74, 6) is 0.779. The molecule has 0 bridgehead atoms. The minimum Gasteiger partial charge on any atom is -0.436 e. The molecule has 0 saturated carbocycles. The van der Waals surface area contributed by atoms with Gasteiger partial charge < -0.3 is 4.42 Å². The molecule has 0 aliphatic heterocycles. The van der Waals surface area contributed by atoms with Crippen LogP contribution in [0.25, 0.3) is 114 Å². The Morgan fingerprint density at radius 3 is 1.92 bits per heavy atom. The maximum absolute atomic E-state index is 6.38. The Kier molecular flexibility index (Phi) is 5.90. The number of rotatable bonds is 3. The maximum Gasteiger partial charge on any atom is 0.247 e. The first kappa shape index (κ1) is 28.8. The predicted molar refractivity (Wildman–Crippen MR) is 222 cm³/mol. The average molecular weight is 694 g/mol. The van der Waals surface area contributed by atoms with Crippen LogP contribution in [0.15, 0.2) is 168 Å². The molecule has 0 fully saturated rings. The van der Waals surface area contributed by atoms with E-state index in [0.29, 0.717) is 5.71 Å². The topological polar surface area (TPSA) is 43.9 Å². The predicted octanol–water partition coefficient (Wildman–Crippen LogP) is 13.5. The first-order valence-electron chi connectivity index (χ1n) is 17.8. The van der Waals surface area contributed by atoms with Gasteiger partial charge >= 0.3 is 0 Å². The minimum absolute atomic E-state index is 0.529. The molecule has 0 aliphatic carbocycles. The van der Waals surface area contributed by atoms with Crippen LogP contribution in [0.4, 0.5) is 0 Å². The molecule has 12 aromatic rings. The fourth-order valence-corrected chi connectivity index (χ4v) is 9.83. The number of hydrogen-bond donors (Lipinski definition) is 0. The summed E-state index contributed by atoms with van der Waals surface area (Å²) in [7, 11) is 0. The second kappa shape index (κ2) is 10.8. The van der Waals surface area contributed by atoms with E-state index in [1.165, 1.54) is 58.1 Å². The third-order valence-corrected chi connectivity index (χ3v) is 12.1. The summed E-state index contributed by atoms with van der Waals surface area (Å²) in [6.07, 6.45) is 0. The van der Waals surface area contributed by atoms with E-state index in [0.717, 1.165) is 50.2 Å².